The fraction of sp³-hybridized carbons (Fsp3) is 0.286. The minimum absolute atomic E-state index is 0.0500. The molecule has 6 nitrogen and oxygen atoms in total. The van der Waals surface area contributed by atoms with Crippen molar-refractivity contribution < 1.29 is 23.4 Å². The van der Waals surface area contributed by atoms with E-state index >= 15 is 0 Å². The Morgan fingerprint density at radius 2 is 2.14 bits per heavy atom. The van der Waals surface area contributed by atoms with Gasteiger partial charge in [-0.3, -0.25) is 9.47 Å². The molecule has 1 heterocycles. The van der Waals surface area contributed by atoms with Gasteiger partial charge in [0.25, 0.3) is 0 Å². The van der Waals surface area contributed by atoms with E-state index in [-0.39, 0.29) is 35.1 Å². The average molecular weight is 312 g/mol. The highest BCUT2D eigenvalue weighted by Gasteiger charge is 2.21. The van der Waals surface area contributed by atoms with Gasteiger partial charge in [0.15, 0.2) is 11.6 Å². The largest absolute Gasteiger partial charge is 0.462 e. The summed E-state index contributed by atoms with van der Waals surface area (Å²) in [6.45, 7) is 1.16. The molecule has 0 aliphatic heterocycles. The Bertz CT molecular complexity index is 802. The van der Waals surface area contributed by atoms with Crippen molar-refractivity contribution in [1.82, 2.24) is 4.68 Å². The van der Waals surface area contributed by atoms with Crippen LogP contribution in [0.2, 0.25) is 0 Å². The minimum Gasteiger partial charge on any atom is -0.462 e. The number of hydrogen-bond donors (Lipinski definition) is 2. The van der Waals surface area contributed by atoms with Gasteiger partial charge < -0.3 is 15.7 Å². The van der Waals surface area contributed by atoms with Crippen LogP contribution in [0.4, 0.5) is 8.78 Å². The molecule has 22 heavy (non-hydrogen) atoms. The first-order chi connectivity index (χ1) is 10.4. The number of pyridine rings is 1. The molecule has 118 valence electrons. The van der Waals surface area contributed by atoms with Crippen LogP contribution in [0.15, 0.2) is 17.1 Å². The molecule has 1 aromatic carbocycles. The second-order valence-corrected chi connectivity index (χ2v) is 4.52. The van der Waals surface area contributed by atoms with Crippen LogP contribution < -0.4 is 11.3 Å². The summed E-state index contributed by atoms with van der Waals surface area (Å²) in [6, 6.07) is 0.681. The maximum atomic E-state index is 13.9. The van der Waals surface area contributed by atoms with Crippen LogP contribution in [0.25, 0.3) is 10.9 Å². The van der Waals surface area contributed by atoms with Crippen LogP contribution in [-0.4, -0.2) is 29.0 Å². The Balaban J connectivity index is 2.86. The number of aliphatic hydroxyl groups excluding tert-OH is 1. The van der Waals surface area contributed by atoms with Crippen LogP contribution in [-0.2, 0) is 11.2 Å². The number of carbonyl (C=O) groups excluding carboxylic acids is 1. The third-order valence-electron chi connectivity index (χ3n) is 3.16. The van der Waals surface area contributed by atoms with Gasteiger partial charge in [0, 0.05) is 24.8 Å². The molecular weight excluding hydrogens is 298 g/mol. The molecule has 0 saturated carbocycles. The lowest BCUT2D eigenvalue weighted by molar-refractivity contribution is 0.0524. The van der Waals surface area contributed by atoms with Gasteiger partial charge in [-0.15, -0.1) is 0 Å². The van der Waals surface area contributed by atoms with Crippen LogP contribution >= 0.6 is 0 Å². The van der Waals surface area contributed by atoms with E-state index in [2.05, 4.69) is 0 Å². The highest BCUT2D eigenvalue weighted by atomic mass is 19.2. The number of carbonyl (C=O) groups is 1. The van der Waals surface area contributed by atoms with Gasteiger partial charge in [0.2, 0.25) is 5.43 Å². The Morgan fingerprint density at radius 3 is 2.73 bits per heavy atom. The first kappa shape index (κ1) is 15.9. The molecule has 0 unspecified atom stereocenters. The Kier molecular flexibility index (Phi) is 4.41. The van der Waals surface area contributed by atoms with Crippen molar-refractivity contribution in [2.75, 3.05) is 19.1 Å². The van der Waals surface area contributed by atoms with Gasteiger partial charge in [-0.2, -0.15) is 0 Å². The van der Waals surface area contributed by atoms with Crippen molar-refractivity contribution in [3.8, 4) is 0 Å². The number of rotatable bonds is 4. The van der Waals surface area contributed by atoms with Crippen LogP contribution in [0.5, 0.6) is 0 Å². The summed E-state index contributed by atoms with van der Waals surface area (Å²) in [5.74, 6) is 2.36. The summed E-state index contributed by atoms with van der Waals surface area (Å²) >= 11 is 0. The number of esters is 1. The number of fused-ring (bicyclic) bond motifs is 1. The van der Waals surface area contributed by atoms with E-state index in [1.165, 1.54) is 0 Å². The van der Waals surface area contributed by atoms with Crippen molar-refractivity contribution in [1.29, 1.82) is 0 Å². The number of nitrogen functional groups attached to an aromatic ring is 1. The van der Waals surface area contributed by atoms with Gasteiger partial charge in [0.05, 0.1) is 17.5 Å². The van der Waals surface area contributed by atoms with Crippen molar-refractivity contribution in [2.45, 2.75) is 13.3 Å². The number of nitrogens with two attached hydrogens (primary N) is 1. The SMILES string of the molecule is CCOC(=O)c1cn(N)c2c(CCO)c(F)c(F)cc2c1=O. The lowest BCUT2D eigenvalue weighted by Crippen LogP contribution is -2.25. The number of nitrogens with zero attached hydrogens (tertiary/aromatic N) is 1. The zero-order valence-electron chi connectivity index (χ0n) is 11.7. The van der Waals surface area contributed by atoms with Crippen molar-refractivity contribution in [2.24, 2.45) is 0 Å². The second kappa shape index (κ2) is 6.10. The van der Waals surface area contributed by atoms with Crippen LogP contribution in [0.3, 0.4) is 0 Å². The van der Waals surface area contributed by atoms with Gasteiger partial charge in [-0.25, -0.2) is 13.6 Å². The van der Waals surface area contributed by atoms with E-state index in [1.807, 2.05) is 0 Å². The van der Waals surface area contributed by atoms with E-state index < -0.39 is 29.6 Å². The van der Waals surface area contributed by atoms with Gasteiger partial charge in [0.1, 0.15) is 5.56 Å². The van der Waals surface area contributed by atoms with E-state index in [4.69, 9.17) is 15.7 Å². The van der Waals surface area contributed by atoms with E-state index in [0.29, 0.717) is 6.07 Å². The fourth-order valence-electron chi connectivity index (χ4n) is 2.24. The predicted molar refractivity (Wildman–Crippen MR) is 75.0 cm³/mol. The standard InChI is InChI=1S/C14H14F2N2O4/c1-2-22-14(21)9-6-18(17)12-7(3-4-19)11(16)10(15)5-8(12)13(9)20/h5-6,19H,2-4,17H2,1H3. The molecule has 0 spiro atoms. The Hall–Kier alpha value is -2.48. The zero-order valence-corrected chi connectivity index (χ0v) is 11.7. The van der Waals surface area contributed by atoms with Gasteiger partial charge >= 0.3 is 5.97 Å². The number of benzene rings is 1. The van der Waals surface area contributed by atoms with Crippen molar-refractivity contribution in [3.05, 3.63) is 45.2 Å². The first-order valence-corrected chi connectivity index (χ1v) is 6.51. The number of aliphatic hydroxyl groups is 1. The van der Waals surface area contributed by atoms with E-state index in [9.17, 15) is 18.4 Å². The Labute approximate surface area is 123 Å². The minimum atomic E-state index is -1.26. The number of halogens is 2. The maximum absolute atomic E-state index is 13.9. The van der Waals surface area contributed by atoms with E-state index in [0.717, 1.165) is 10.9 Å². The topological polar surface area (TPSA) is 94.6 Å². The molecule has 0 saturated heterocycles. The molecule has 8 heteroatoms. The molecule has 3 N–H and O–H groups in total. The summed E-state index contributed by atoms with van der Waals surface area (Å²) < 4.78 is 33.1. The molecule has 0 fully saturated rings. The molecule has 0 aliphatic rings. The first-order valence-electron chi connectivity index (χ1n) is 6.51. The van der Waals surface area contributed by atoms with Gasteiger partial charge in [-0.1, -0.05) is 0 Å². The molecule has 0 radical (unpaired) electrons. The molecule has 1 aromatic heterocycles. The molecule has 2 rings (SSSR count). The lowest BCUT2D eigenvalue weighted by atomic mass is 10.0. The molecular formula is C14H14F2N2O4. The third-order valence-corrected chi connectivity index (χ3v) is 3.16. The maximum Gasteiger partial charge on any atom is 0.343 e. The van der Waals surface area contributed by atoms with Crippen LogP contribution in [0.1, 0.15) is 22.8 Å². The summed E-state index contributed by atoms with van der Waals surface area (Å²) in [5, 5.41) is 8.72. The quantitative estimate of drug-likeness (QED) is 0.640. The summed E-state index contributed by atoms with van der Waals surface area (Å²) in [7, 11) is 0. The van der Waals surface area contributed by atoms with E-state index in [1.54, 1.807) is 6.92 Å². The smallest absolute Gasteiger partial charge is 0.343 e. The average Bonchev–Trinajstić information content (AvgIpc) is 2.47. The Morgan fingerprint density at radius 1 is 1.45 bits per heavy atom. The van der Waals surface area contributed by atoms with Crippen LogP contribution in [0, 0.1) is 11.6 Å². The van der Waals surface area contributed by atoms with Crippen molar-refractivity contribution in [3.63, 3.8) is 0 Å². The summed E-state index contributed by atoms with van der Waals surface area (Å²) in [4.78, 5) is 24.0. The summed E-state index contributed by atoms with van der Waals surface area (Å²) in [6.07, 6.45) is 0.774. The number of aromatic nitrogens is 1. The molecule has 0 amide bonds. The summed E-state index contributed by atoms with van der Waals surface area (Å²) in [5.41, 5.74) is -1.50. The normalized spacial score (nSPS) is 10.9. The van der Waals surface area contributed by atoms with Gasteiger partial charge in [-0.05, 0) is 13.0 Å². The lowest BCUT2D eigenvalue weighted by Gasteiger charge is -2.13. The number of ether oxygens (including phenoxy) is 1. The molecule has 0 atom stereocenters. The van der Waals surface area contributed by atoms with Crippen molar-refractivity contribution >= 4 is 16.9 Å². The highest BCUT2D eigenvalue weighted by Crippen LogP contribution is 2.22. The predicted octanol–water partition coefficient (Wildman–Crippen LogP) is 0.705. The monoisotopic (exact) mass is 312 g/mol. The second-order valence-electron chi connectivity index (χ2n) is 4.52. The fourth-order valence-corrected chi connectivity index (χ4v) is 2.24. The molecule has 2 aromatic rings. The highest BCUT2D eigenvalue weighted by molar-refractivity contribution is 5.94. The molecule has 0 bridgehead atoms. The molecule has 0 aliphatic carbocycles. The zero-order chi connectivity index (χ0) is 16.4. The third kappa shape index (κ3) is 2.52. The number of hydrogen-bond acceptors (Lipinski definition) is 5.